The molecule has 1 aliphatic carbocycles. The lowest BCUT2D eigenvalue weighted by atomic mass is 9.95. The van der Waals surface area contributed by atoms with Crippen molar-refractivity contribution in [1.82, 2.24) is 4.90 Å². The zero-order valence-electron chi connectivity index (χ0n) is 24.5. The van der Waals surface area contributed by atoms with Gasteiger partial charge in [0.1, 0.15) is 11.7 Å². The molecule has 3 atom stereocenters. The minimum atomic E-state index is -0.197. The Morgan fingerprint density at radius 1 is 1.02 bits per heavy atom. The van der Waals surface area contributed by atoms with E-state index in [-0.39, 0.29) is 35.6 Å². The molecule has 2 aliphatic rings. The van der Waals surface area contributed by atoms with Gasteiger partial charge >= 0.3 is 5.97 Å². The summed E-state index contributed by atoms with van der Waals surface area (Å²) in [5, 5.41) is 0. The van der Waals surface area contributed by atoms with Gasteiger partial charge in [0.2, 0.25) is 0 Å². The Morgan fingerprint density at radius 3 is 2.38 bits per heavy atom. The molecule has 42 heavy (non-hydrogen) atoms. The normalized spacial score (nSPS) is 21.1. The maximum absolute atomic E-state index is 13.2. The maximum Gasteiger partial charge on any atom is 0.306 e. The van der Waals surface area contributed by atoms with Crippen LogP contribution in [0.4, 0.5) is 0 Å². The Kier molecular flexibility index (Phi) is 12.6. The number of benzene rings is 2. The fraction of sp³-hybridized carbons (Fsp3) is 0.485. The van der Waals surface area contributed by atoms with Gasteiger partial charge in [0.25, 0.3) is 0 Å². The highest BCUT2D eigenvalue weighted by Gasteiger charge is 2.45. The zero-order valence-corrected chi connectivity index (χ0v) is 25.3. The number of esters is 1. The molecule has 226 valence electrons. The molecule has 1 unspecified atom stereocenters. The van der Waals surface area contributed by atoms with Crippen molar-refractivity contribution in [2.45, 2.75) is 50.9 Å². The smallest absolute Gasteiger partial charge is 0.306 e. The number of morpholine rings is 1. The molecule has 0 radical (unpaired) electrons. The van der Waals surface area contributed by atoms with Crippen LogP contribution in [0.1, 0.15) is 53.6 Å². The number of Topliss-reactive ketones (excluding diaryl/α,β-unsaturated/α-hetero) is 1. The van der Waals surface area contributed by atoms with Crippen molar-refractivity contribution in [3.63, 3.8) is 0 Å². The molecule has 0 spiro atoms. The van der Waals surface area contributed by atoms with E-state index in [1.165, 1.54) is 11.8 Å². The summed E-state index contributed by atoms with van der Waals surface area (Å²) >= 11 is 1.48. The lowest BCUT2D eigenvalue weighted by Gasteiger charge is -2.35. The first-order chi connectivity index (χ1) is 20.5. The van der Waals surface area contributed by atoms with Gasteiger partial charge in [-0.25, -0.2) is 0 Å². The number of rotatable bonds is 15. The van der Waals surface area contributed by atoms with Crippen LogP contribution in [-0.2, 0) is 30.4 Å². The number of allylic oxidation sites excluding steroid dienone is 2. The number of hydrogen-bond acceptors (Lipinski definition) is 9. The highest BCUT2D eigenvalue weighted by molar-refractivity contribution is 7.98. The second-order valence-electron chi connectivity index (χ2n) is 10.6. The Hall–Kier alpha value is -2.98. The average molecular weight is 596 g/mol. The summed E-state index contributed by atoms with van der Waals surface area (Å²) in [5.74, 6) is 1.13. The molecule has 2 aromatic carbocycles. The van der Waals surface area contributed by atoms with Crippen molar-refractivity contribution in [2.24, 2.45) is 5.92 Å². The molecule has 1 saturated heterocycles. The number of unbranched alkanes of at least 4 members (excludes halogenated alkanes) is 1. The van der Waals surface area contributed by atoms with Crippen molar-refractivity contribution in [3.05, 3.63) is 77.4 Å². The maximum atomic E-state index is 13.2. The van der Waals surface area contributed by atoms with Gasteiger partial charge in [-0.15, -0.1) is 11.8 Å². The lowest BCUT2D eigenvalue weighted by Crippen LogP contribution is -2.49. The first-order valence-corrected chi connectivity index (χ1v) is 15.9. The van der Waals surface area contributed by atoms with Gasteiger partial charge in [0, 0.05) is 43.0 Å². The minimum absolute atomic E-state index is 0.0364. The van der Waals surface area contributed by atoms with Crippen LogP contribution >= 0.6 is 11.8 Å². The molecule has 1 heterocycles. The van der Waals surface area contributed by atoms with Gasteiger partial charge < -0.3 is 18.9 Å². The van der Waals surface area contributed by atoms with E-state index >= 15 is 0 Å². The largest absolute Gasteiger partial charge is 0.497 e. The van der Waals surface area contributed by atoms with Crippen LogP contribution < -0.4 is 4.74 Å². The predicted octanol–water partition coefficient (Wildman–Crippen LogP) is 5.08. The first-order valence-electron chi connectivity index (χ1n) is 14.5. The average Bonchev–Trinajstić information content (AvgIpc) is 3.35. The van der Waals surface area contributed by atoms with Crippen LogP contribution in [0.3, 0.4) is 0 Å². The molecule has 0 bridgehead atoms. The molecule has 0 aromatic heterocycles. The quantitative estimate of drug-likeness (QED) is 0.0919. The minimum Gasteiger partial charge on any atom is -0.497 e. The third-order valence-corrected chi connectivity index (χ3v) is 8.10. The van der Waals surface area contributed by atoms with E-state index < -0.39 is 0 Å². The third-order valence-electron chi connectivity index (χ3n) is 7.75. The van der Waals surface area contributed by atoms with Crippen LogP contribution in [0.2, 0.25) is 0 Å². The topological polar surface area (TPSA) is 91.4 Å². The third kappa shape index (κ3) is 9.01. The van der Waals surface area contributed by atoms with Gasteiger partial charge in [0.05, 0.1) is 39.1 Å². The number of methoxy groups -OCH3 is 1. The molecule has 1 aliphatic heterocycles. The van der Waals surface area contributed by atoms with Crippen LogP contribution in [0.25, 0.3) is 0 Å². The summed E-state index contributed by atoms with van der Waals surface area (Å²) in [6.07, 6.45) is 8.95. The molecular formula is C33H41NO7S. The highest BCUT2D eigenvalue weighted by Crippen LogP contribution is 2.34. The van der Waals surface area contributed by atoms with E-state index in [9.17, 15) is 14.4 Å². The van der Waals surface area contributed by atoms with E-state index in [1.54, 1.807) is 31.4 Å². The van der Waals surface area contributed by atoms with Crippen LogP contribution in [0.5, 0.6) is 5.75 Å². The Labute approximate surface area is 252 Å². The monoisotopic (exact) mass is 595 g/mol. The summed E-state index contributed by atoms with van der Waals surface area (Å²) in [6, 6.07) is 14.3. The molecule has 4 rings (SSSR count). The lowest BCUT2D eigenvalue weighted by molar-refractivity contribution is -0.141. The molecule has 0 N–H and O–H groups in total. The van der Waals surface area contributed by atoms with E-state index in [4.69, 9.17) is 18.9 Å². The number of hydrogen-bond donors (Lipinski definition) is 0. The number of carbonyl (C=O) groups excluding carboxylic acids is 3. The fourth-order valence-electron chi connectivity index (χ4n) is 5.50. The molecule has 8 nitrogen and oxygen atoms in total. The Bertz CT molecular complexity index is 1190. The Morgan fingerprint density at radius 2 is 1.71 bits per heavy atom. The molecule has 0 amide bonds. The van der Waals surface area contributed by atoms with Crippen molar-refractivity contribution < 1.29 is 33.3 Å². The standard InChI is InChI=1S/C33H41NO7S/c1-38-27-15-13-26(14-16-27)33(37)25-11-9-24(10-12-25)22-40-30-21-29(35)32(34-17-19-39-20-18-34)28(30)7-5-3-4-6-8-31(36)41-23-42-2/h3,5,9-16,28,30,32H,4,6-8,17-23H2,1-2H3/b5-3-/t28?,30-,32+/m1/s1. The van der Waals surface area contributed by atoms with Crippen LogP contribution in [0, 0.1) is 5.92 Å². The number of carbonyl (C=O) groups is 3. The van der Waals surface area contributed by atoms with E-state index in [1.807, 2.05) is 30.5 Å². The summed E-state index contributed by atoms with van der Waals surface area (Å²) in [6.45, 7) is 3.11. The van der Waals surface area contributed by atoms with Gasteiger partial charge in [-0.1, -0.05) is 36.4 Å². The Balaban J connectivity index is 1.34. The summed E-state index contributed by atoms with van der Waals surface area (Å²) in [5.41, 5.74) is 2.16. The predicted molar refractivity (Wildman–Crippen MR) is 163 cm³/mol. The summed E-state index contributed by atoms with van der Waals surface area (Å²) < 4.78 is 22.2. The zero-order chi connectivity index (χ0) is 29.7. The number of ether oxygens (including phenoxy) is 4. The summed E-state index contributed by atoms with van der Waals surface area (Å²) in [7, 11) is 1.60. The molecular weight excluding hydrogens is 554 g/mol. The molecule has 1 saturated carbocycles. The highest BCUT2D eigenvalue weighted by atomic mass is 32.2. The van der Waals surface area contributed by atoms with Crippen molar-refractivity contribution >= 4 is 29.3 Å². The van der Waals surface area contributed by atoms with Crippen LogP contribution in [-0.4, -0.2) is 80.2 Å². The number of ketones is 2. The second-order valence-corrected chi connectivity index (χ2v) is 11.4. The fourth-order valence-corrected chi connectivity index (χ4v) is 5.75. The second kappa shape index (κ2) is 16.6. The van der Waals surface area contributed by atoms with Gasteiger partial charge in [0.15, 0.2) is 11.6 Å². The first kappa shape index (κ1) is 31.9. The SMILES string of the molecule is COc1ccc(C(=O)c2ccc(CO[C@@H]3CC(=O)[C@@H](N4CCOCC4)C3C/C=C\CCCC(=O)OCSC)cc2)cc1. The number of thioether (sulfide) groups is 1. The van der Waals surface area contributed by atoms with Gasteiger partial charge in [-0.05, 0) is 55.3 Å². The van der Waals surface area contributed by atoms with E-state index in [0.29, 0.717) is 55.5 Å². The molecule has 2 aromatic rings. The van der Waals surface area contributed by atoms with E-state index in [0.717, 1.165) is 37.9 Å². The number of nitrogens with zero attached hydrogens (tertiary/aromatic N) is 1. The van der Waals surface area contributed by atoms with Gasteiger partial charge in [-0.2, -0.15) is 0 Å². The van der Waals surface area contributed by atoms with Crippen molar-refractivity contribution in [3.8, 4) is 5.75 Å². The van der Waals surface area contributed by atoms with Crippen molar-refractivity contribution in [2.75, 3.05) is 45.6 Å². The summed E-state index contributed by atoms with van der Waals surface area (Å²) in [4.78, 5) is 40.1. The van der Waals surface area contributed by atoms with Gasteiger partial charge in [-0.3, -0.25) is 19.3 Å². The van der Waals surface area contributed by atoms with Crippen LogP contribution in [0.15, 0.2) is 60.7 Å². The molecule has 2 fully saturated rings. The van der Waals surface area contributed by atoms with E-state index in [2.05, 4.69) is 17.1 Å². The van der Waals surface area contributed by atoms with Crippen molar-refractivity contribution in [1.29, 1.82) is 0 Å². The molecule has 9 heteroatoms.